The Morgan fingerprint density at radius 3 is 2.68 bits per heavy atom. The Hall–Kier alpha value is -2.82. The molecule has 1 amide bonds. The number of hydrazone groups is 1. The van der Waals surface area contributed by atoms with Crippen molar-refractivity contribution in [1.82, 2.24) is 5.43 Å². The largest absolute Gasteiger partial charge is 0.486 e. The van der Waals surface area contributed by atoms with Crippen LogP contribution in [0.3, 0.4) is 0 Å². The summed E-state index contributed by atoms with van der Waals surface area (Å²) in [7, 11) is 0. The number of amides is 1. The lowest BCUT2D eigenvalue weighted by molar-refractivity contribution is -0.120. The second-order valence-corrected chi connectivity index (χ2v) is 4.86. The zero-order chi connectivity index (χ0) is 15.2. The highest BCUT2D eigenvalue weighted by molar-refractivity contribution is 5.83. The van der Waals surface area contributed by atoms with Gasteiger partial charge in [-0.15, -0.1) is 0 Å². The molecule has 1 heterocycles. The molecule has 0 spiro atoms. The van der Waals surface area contributed by atoms with E-state index in [1.165, 1.54) is 0 Å². The minimum atomic E-state index is -0.177. The second-order valence-electron chi connectivity index (χ2n) is 4.86. The number of benzene rings is 2. The fourth-order valence-electron chi connectivity index (χ4n) is 2.14. The predicted molar refractivity (Wildman–Crippen MR) is 83.3 cm³/mol. The average molecular weight is 296 g/mol. The Bertz CT molecular complexity index is 684. The third kappa shape index (κ3) is 3.63. The maximum Gasteiger partial charge on any atom is 0.244 e. The normalized spacial score (nSPS) is 13.1. The zero-order valence-electron chi connectivity index (χ0n) is 12.0. The predicted octanol–water partition coefficient (Wildman–Crippen LogP) is 2.15. The van der Waals surface area contributed by atoms with E-state index in [4.69, 9.17) is 9.47 Å². The lowest BCUT2D eigenvalue weighted by Gasteiger charge is -2.18. The van der Waals surface area contributed by atoms with Gasteiger partial charge in [-0.3, -0.25) is 4.79 Å². The van der Waals surface area contributed by atoms with Crippen molar-refractivity contribution in [1.29, 1.82) is 0 Å². The first kappa shape index (κ1) is 14.1. The third-order valence-corrected chi connectivity index (χ3v) is 3.17. The van der Waals surface area contributed by atoms with Gasteiger partial charge in [0.25, 0.3) is 0 Å². The summed E-state index contributed by atoms with van der Waals surface area (Å²) < 4.78 is 10.9. The standard InChI is InChI=1S/C17H16N2O3/c20-17(19-18-12-13-4-2-1-3-5-13)11-14-6-7-15-16(10-14)22-9-8-21-15/h1-7,10,12H,8-9,11H2,(H,19,20)/b18-12-. The topological polar surface area (TPSA) is 59.9 Å². The van der Waals surface area contributed by atoms with Crippen molar-refractivity contribution in [3.63, 3.8) is 0 Å². The van der Waals surface area contributed by atoms with E-state index in [2.05, 4.69) is 10.5 Å². The van der Waals surface area contributed by atoms with Gasteiger partial charge in [0, 0.05) is 0 Å². The Morgan fingerprint density at radius 1 is 1.09 bits per heavy atom. The number of carbonyl (C=O) groups excluding carboxylic acids is 1. The molecule has 0 saturated heterocycles. The zero-order valence-corrected chi connectivity index (χ0v) is 12.0. The van der Waals surface area contributed by atoms with Crippen LogP contribution in [0.15, 0.2) is 53.6 Å². The van der Waals surface area contributed by atoms with E-state index in [1.807, 2.05) is 48.5 Å². The Morgan fingerprint density at radius 2 is 1.86 bits per heavy atom. The van der Waals surface area contributed by atoms with E-state index in [-0.39, 0.29) is 12.3 Å². The van der Waals surface area contributed by atoms with E-state index in [0.717, 1.165) is 16.9 Å². The van der Waals surface area contributed by atoms with Crippen LogP contribution in [-0.2, 0) is 11.2 Å². The lowest BCUT2D eigenvalue weighted by atomic mass is 10.1. The second kappa shape index (κ2) is 6.76. The molecule has 5 heteroatoms. The number of rotatable bonds is 4. The van der Waals surface area contributed by atoms with Crippen molar-refractivity contribution in [3.05, 3.63) is 59.7 Å². The number of hydrogen-bond acceptors (Lipinski definition) is 4. The highest BCUT2D eigenvalue weighted by Gasteiger charge is 2.12. The van der Waals surface area contributed by atoms with Crippen molar-refractivity contribution < 1.29 is 14.3 Å². The molecule has 2 aromatic rings. The maximum absolute atomic E-state index is 11.9. The molecule has 0 atom stereocenters. The van der Waals surface area contributed by atoms with Crippen LogP contribution >= 0.6 is 0 Å². The van der Waals surface area contributed by atoms with Gasteiger partial charge >= 0.3 is 0 Å². The number of hydrogen-bond donors (Lipinski definition) is 1. The minimum absolute atomic E-state index is 0.177. The van der Waals surface area contributed by atoms with Crippen molar-refractivity contribution in [2.75, 3.05) is 13.2 Å². The van der Waals surface area contributed by atoms with Crippen molar-refractivity contribution >= 4 is 12.1 Å². The molecule has 112 valence electrons. The van der Waals surface area contributed by atoms with Crippen molar-refractivity contribution in [2.45, 2.75) is 6.42 Å². The number of nitrogens with one attached hydrogen (secondary N) is 1. The smallest absolute Gasteiger partial charge is 0.244 e. The van der Waals surface area contributed by atoms with E-state index in [9.17, 15) is 4.79 Å². The molecule has 0 aliphatic carbocycles. The molecule has 0 radical (unpaired) electrons. The number of nitrogens with zero attached hydrogens (tertiary/aromatic N) is 1. The number of carbonyl (C=O) groups is 1. The molecule has 5 nitrogen and oxygen atoms in total. The molecule has 22 heavy (non-hydrogen) atoms. The van der Waals surface area contributed by atoms with Crippen LogP contribution in [0.2, 0.25) is 0 Å². The number of ether oxygens (including phenoxy) is 2. The highest BCUT2D eigenvalue weighted by Crippen LogP contribution is 2.30. The molecular weight excluding hydrogens is 280 g/mol. The van der Waals surface area contributed by atoms with E-state index in [0.29, 0.717) is 19.0 Å². The fraction of sp³-hybridized carbons (Fsp3) is 0.176. The Kier molecular flexibility index (Phi) is 4.34. The van der Waals surface area contributed by atoms with Crippen LogP contribution in [0.25, 0.3) is 0 Å². The monoisotopic (exact) mass is 296 g/mol. The molecular formula is C17H16N2O3. The van der Waals surface area contributed by atoms with Crippen LogP contribution < -0.4 is 14.9 Å². The molecule has 1 aliphatic heterocycles. The molecule has 0 unspecified atom stereocenters. The van der Waals surface area contributed by atoms with Crippen LogP contribution in [0.4, 0.5) is 0 Å². The van der Waals surface area contributed by atoms with E-state index < -0.39 is 0 Å². The third-order valence-electron chi connectivity index (χ3n) is 3.17. The van der Waals surface area contributed by atoms with Gasteiger partial charge in [0.1, 0.15) is 13.2 Å². The molecule has 0 saturated carbocycles. The summed E-state index contributed by atoms with van der Waals surface area (Å²) in [6, 6.07) is 15.1. The van der Waals surface area contributed by atoms with Gasteiger partial charge in [-0.2, -0.15) is 5.10 Å². The first-order chi connectivity index (χ1) is 10.8. The van der Waals surface area contributed by atoms with Gasteiger partial charge in [0.05, 0.1) is 12.6 Å². The summed E-state index contributed by atoms with van der Waals surface area (Å²) in [4.78, 5) is 11.9. The van der Waals surface area contributed by atoms with Gasteiger partial charge < -0.3 is 9.47 Å². The van der Waals surface area contributed by atoms with Crippen molar-refractivity contribution in [2.24, 2.45) is 5.10 Å². The van der Waals surface area contributed by atoms with E-state index in [1.54, 1.807) is 6.21 Å². The SMILES string of the molecule is O=C(Cc1ccc2c(c1)OCCO2)N/N=C\c1ccccc1. The van der Waals surface area contributed by atoms with Gasteiger partial charge in [0.2, 0.25) is 5.91 Å². The van der Waals surface area contributed by atoms with Crippen LogP contribution in [0.1, 0.15) is 11.1 Å². The quantitative estimate of drug-likeness (QED) is 0.694. The summed E-state index contributed by atoms with van der Waals surface area (Å²) in [6.45, 7) is 1.09. The van der Waals surface area contributed by atoms with Crippen LogP contribution in [-0.4, -0.2) is 25.3 Å². The highest BCUT2D eigenvalue weighted by atomic mass is 16.6. The Balaban J connectivity index is 1.56. The summed E-state index contributed by atoms with van der Waals surface area (Å²) in [5.74, 6) is 1.23. The van der Waals surface area contributed by atoms with Crippen LogP contribution in [0.5, 0.6) is 11.5 Å². The van der Waals surface area contributed by atoms with Crippen LogP contribution in [0, 0.1) is 0 Å². The number of fused-ring (bicyclic) bond motifs is 1. The van der Waals surface area contributed by atoms with Gasteiger partial charge in [0.15, 0.2) is 11.5 Å². The first-order valence-electron chi connectivity index (χ1n) is 7.07. The molecule has 1 N–H and O–H groups in total. The molecule has 3 rings (SSSR count). The summed E-state index contributed by atoms with van der Waals surface area (Å²) in [5, 5.41) is 3.94. The van der Waals surface area contributed by atoms with Gasteiger partial charge in [-0.05, 0) is 23.3 Å². The molecule has 0 bridgehead atoms. The van der Waals surface area contributed by atoms with Crippen molar-refractivity contribution in [3.8, 4) is 11.5 Å². The maximum atomic E-state index is 11.9. The average Bonchev–Trinajstić information content (AvgIpc) is 2.56. The molecule has 1 aliphatic rings. The summed E-state index contributed by atoms with van der Waals surface area (Å²) in [5.41, 5.74) is 4.31. The summed E-state index contributed by atoms with van der Waals surface area (Å²) >= 11 is 0. The minimum Gasteiger partial charge on any atom is -0.486 e. The lowest BCUT2D eigenvalue weighted by Crippen LogP contribution is -2.20. The molecule has 0 fully saturated rings. The fourth-order valence-corrected chi connectivity index (χ4v) is 2.14. The molecule has 0 aromatic heterocycles. The van der Waals surface area contributed by atoms with Gasteiger partial charge in [-0.1, -0.05) is 36.4 Å². The Labute approximate surface area is 128 Å². The van der Waals surface area contributed by atoms with E-state index >= 15 is 0 Å². The first-order valence-corrected chi connectivity index (χ1v) is 7.07. The van der Waals surface area contributed by atoms with Gasteiger partial charge in [-0.25, -0.2) is 5.43 Å². The summed E-state index contributed by atoms with van der Waals surface area (Å²) in [6.07, 6.45) is 1.85. The molecule has 2 aromatic carbocycles.